The van der Waals surface area contributed by atoms with Gasteiger partial charge in [0, 0.05) is 19.2 Å². The van der Waals surface area contributed by atoms with Crippen molar-refractivity contribution in [2.45, 2.75) is 12.8 Å². The summed E-state index contributed by atoms with van der Waals surface area (Å²) in [6.07, 6.45) is 2.81. The highest BCUT2D eigenvalue weighted by molar-refractivity contribution is 5.65. The number of hydrogen-bond donors (Lipinski definition) is 0. The van der Waals surface area contributed by atoms with Crippen LogP contribution >= 0.6 is 0 Å². The van der Waals surface area contributed by atoms with Crippen LogP contribution < -0.4 is 9.47 Å². The molecule has 25 heavy (non-hydrogen) atoms. The van der Waals surface area contributed by atoms with Gasteiger partial charge in [0.1, 0.15) is 11.4 Å². The average molecular weight is 343 g/mol. The van der Waals surface area contributed by atoms with Crippen LogP contribution in [0, 0.1) is 0 Å². The normalized spacial score (nSPS) is 11.2. The van der Waals surface area contributed by atoms with E-state index in [0.717, 1.165) is 6.92 Å². The van der Waals surface area contributed by atoms with Gasteiger partial charge in [-0.25, -0.2) is 9.97 Å². The van der Waals surface area contributed by atoms with Crippen LogP contribution in [0.25, 0.3) is 11.3 Å². The van der Waals surface area contributed by atoms with Crippen LogP contribution in [0.15, 0.2) is 54.9 Å². The van der Waals surface area contributed by atoms with Crippen LogP contribution in [0.2, 0.25) is 0 Å². The Morgan fingerprint density at radius 1 is 1.00 bits per heavy atom. The zero-order chi connectivity index (χ0) is 17.9. The van der Waals surface area contributed by atoms with Gasteiger partial charge < -0.3 is 9.47 Å². The first kappa shape index (κ1) is 16.8. The average Bonchev–Trinajstić information content (AvgIpc) is 2.62. The number of rotatable bonds is 5. The Balaban J connectivity index is 1.91. The summed E-state index contributed by atoms with van der Waals surface area (Å²) in [6, 6.07) is 11.5. The summed E-state index contributed by atoms with van der Waals surface area (Å²) in [5.41, 5.74) is 0.939. The number of aromatic nitrogens is 3. The van der Waals surface area contributed by atoms with Gasteiger partial charge in [-0.2, -0.15) is 8.78 Å². The first-order valence-corrected chi connectivity index (χ1v) is 7.46. The number of ether oxygens (including phenoxy) is 2. The summed E-state index contributed by atoms with van der Waals surface area (Å²) in [5.74, 6) is -1.94. The van der Waals surface area contributed by atoms with E-state index < -0.39 is 5.92 Å². The van der Waals surface area contributed by atoms with Crippen molar-refractivity contribution >= 4 is 0 Å². The number of hydrogen-bond acceptors (Lipinski definition) is 5. The SMILES string of the molecule is COc1cccc(-c2cccnc2Oc2ccc(C(C)(F)F)nc2)n1. The first-order chi connectivity index (χ1) is 12.0. The van der Waals surface area contributed by atoms with Gasteiger partial charge in [0.25, 0.3) is 5.92 Å². The summed E-state index contributed by atoms with van der Waals surface area (Å²) in [5, 5.41) is 0. The molecule has 0 radical (unpaired) electrons. The van der Waals surface area contributed by atoms with Gasteiger partial charge in [-0.05, 0) is 30.3 Å². The van der Waals surface area contributed by atoms with Gasteiger partial charge in [-0.15, -0.1) is 0 Å². The fourth-order valence-corrected chi connectivity index (χ4v) is 2.16. The Labute approximate surface area is 143 Å². The summed E-state index contributed by atoms with van der Waals surface area (Å²) in [6.45, 7) is 0.793. The molecule has 5 nitrogen and oxygen atoms in total. The highest BCUT2D eigenvalue weighted by Crippen LogP contribution is 2.32. The van der Waals surface area contributed by atoms with Gasteiger partial charge in [0.2, 0.25) is 11.8 Å². The summed E-state index contributed by atoms with van der Waals surface area (Å²) < 4.78 is 37.3. The quantitative estimate of drug-likeness (QED) is 0.685. The molecule has 0 N–H and O–H groups in total. The molecule has 0 aliphatic rings. The van der Waals surface area contributed by atoms with Crippen molar-refractivity contribution in [1.82, 2.24) is 15.0 Å². The third-order valence-corrected chi connectivity index (χ3v) is 3.38. The number of nitrogens with zero attached hydrogens (tertiary/aromatic N) is 3. The predicted molar refractivity (Wildman–Crippen MR) is 87.9 cm³/mol. The maximum Gasteiger partial charge on any atom is 0.286 e. The molecule has 0 aromatic carbocycles. The Morgan fingerprint density at radius 2 is 1.84 bits per heavy atom. The maximum atomic E-state index is 13.2. The molecule has 0 atom stereocenters. The van der Waals surface area contributed by atoms with Crippen molar-refractivity contribution in [3.8, 4) is 28.8 Å². The molecule has 0 aliphatic heterocycles. The van der Waals surface area contributed by atoms with Gasteiger partial charge in [-0.3, -0.25) is 4.98 Å². The van der Waals surface area contributed by atoms with E-state index in [9.17, 15) is 8.78 Å². The van der Waals surface area contributed by atoms with Gasteiger partial charge in [0.15, 0.2) is 0 Å². The van der Waals surface area contributed by atoms with E-state index in [0.29, 0.717) is 28.8 Å². The molecule has 0 unspecified atom stereocenters. The van der Waals surface area contributed by atoms with Crippen molar-refractivity contribution in [2.24, 2.45) is 0 Å². The van der Waals surface area contributed by atoms with Crippen LogP contribution in [0.3, 0.4) is 0 Å². The van der Waals surface area contributed by atoms with Crippen molar-refractivity contribution < 1.29 is 18.3 Å². The molecular weight excluding hydrogens is 328 g/mol. The van der Waals surface area contributed by atoms with Crippen LogP contribution in [-0.2, 0) is 5.92 Å². The minimum Gasteiger partial charge on any atom is -0.481 e. The fourth-order valence-electron chi connectivity index (χ4n) is 2.16. The third-order valence-electron chi connectivity index (χ3n) is 3.38. The highest BCUT2D eigenvalue weighted by atomic mass is 19.3. The van der Waals surface area contributed by atoms with Crippen LogP contribution in [-0.4, -0.2) is 22.1 Å². The molecule has 0 bridgehead atoms. The summed E-state index contributed by atoms with van der Waals surface area (Å²) in [4.78, 5) is 12.3. The fraction of sp³-hybridized carbons (Fsp3) is 0.167. The van der Waals surface area contributed by atoms with Gasteiger partial charge in [0.05, 0.1) is 24.6 Å². The van der Waals surface area contributed by atoms with E-state index in [1.165, 1.54) is 25.4 Å². The van der Waals surface area contributed by atoms with Gasteiger partial charge >= 0.3 is 0 Å². The summed E-state index contributed by atoms with van der Waals surface area (Å²) in [7, 11) is 1.53. The van der Waals surface area contributed by atoms with Crippen molar-refractivity contribution in [3.63, 3.8) is 0 Å². The lowest BCUT2D eigenvalue weighted by Crippen LogP contribution is -2.09. The molecule has 0 amide bonds. The zero-order valence-electron chi connectivity index (χ0n) is 13.6. The largest absolute Gasteiger partial charge is 0.481 e. The van der Waals surface area contributed by atoms with E-state index in [4.69, 9.17) is 9.47 Å². The van der Waals surface area contributed by atoms with Crippen LogP contribution in [0.1, 0.15) is 12.6 Å². The monoisotopic (exact) mass is 343 g/mol. The minimum absolute atomic E-state index is 0.293. The molecule has 0 aliphatic carbocycles. The topological polar surface area (TPSA) is 57.1 Å². The second-order valence-electron chi connectivity index (χ2n) is 5.29. The van der Waals surface area contributed by atoms with E-state index in [-0.39, 0.29) is 5.69 Å². The smallest absolute Gasteiger partial charge is 0.286 e. The Kier molecular flexibility index (Phi) is 4.56. The second kappa shape index (κ2) is 6.80. The minimum atomic E-state index is -3.00. The molecule has 3 rings (SSSR count). The second-order valence-corrected chi connectivity index (χ2v) is 5.29. The number of alkyl halides is 2. The number of pyridine rings is 3. The third kappa shape index (κ3) is 3.88. The molecule has 3 heterocycles. The molecule has 0 fully saturated rings. The Bertz CT molecular complexity index is 865. The lowest BCUT2D eigenvalue weighted by molar-refractivity contribution is 0.0127. The van der Waals surface area contributed by atoms with E-state index >= 15 is 0 Å². The van der Waals surface area contributed by atoms with Crippen molar-refractivity contribution in [2.75, 3.05) is 7.11 Å². The van der Waals surface area contributed by atoms with Crippen molar-refractivity contribution in [3.05, 3.63) is 60.6 Å². The molecule has 3 aromatic heterocycles. The summed E-state index contributed by atoms with van der Waals surface area (Å²) >= 11 is 0. The Morgan fingerprint density at radius 3 is 2.52 bits per heavy atom. The van der Waals surface area contributed by atoms with Crippen LogP contribution in [0.4, 0.5) is 8.78 Å². The maximum absolute atomic E-state index is 13.2. The highest BCUT2D eigenvalue weighted by Gasteiger charge is 2.25. The van der Waals surface area contributed by atoms with E-state index in [2.05, 4.69) is 15.0 Å². The number of methoxy groups -OCH3 is 1. The standard InChI is InChI=1S/C18H15F2N3O2/c1-18(19,20)15-9-8-12(11-22-15)25-17-13(5-4-10-21-17)14-6-3-7-16(23-14)24-2/h3-11H,1-2H3. The molecule has 0 spiro atoms. The van der Waals surface area contributed by atoms with Crippen molar-refractivity contribution in [1.29, 1.82) is 0 Å². The first-order valence-electron chi connectivity index (χ1n) is 7.46. The van der Waals surface area contributed by atoms with E-state index in [1.54, 1.807) is 36.5 Å². The molecular formula is C18H15F2N3O2. The molecule has 7 heteroatoms. The lowest BCUT2D eigenvalue weighted by Gasteiger charge is -2.12. The zero-order valence-corrected chi connectivity index (χ0v) is 13.6. The molecule has 128 valence electrons. The van der Waals surface area contributed by atoms with Gasteiger partial charge in [-0.1, -0.05) is 6.07 Å². The Hall–Kier alpha value is -3.09. The number of halogens is 2. The molecule has 3 aromatic rings. The van der Waals surface area contributed by atoms with E-state index in [1.807, 2.05) is 0 Å². The predicted octanol–water partition coefficient (Wildman–Crippen LogP) is 4.45. The lowest BCUT2D eigenvalue weighted by atomic mass is 10.2. The molecule has 0 saturated carbocycles. The van der Waals surface area contributed by atoms with Crippen LogP contribution in [0.5, 0.6) is 17.5 Å². The molecule has 0 saturated heterocycles.